The van der Waals surface area contributed by atoms with Crippen molar-refractivity contribution >= 4 is 27.4 Å². The third-order valence-electron chi connectivity index (χ3n) is 2.82. The van der Waals surface area contributed by atoms with Crippen LogP contribution in [0.1, 0.15) is 55.8 Å². The van der Waals surface area contributed by atoms with E-state index in [1.807, 2.05) is 6.07 Å². The van der Waals surface area contributed by atoms with E-state index >= 15 is 0 Å². The molecule has 0 aliphatic heterocycles. The lowest BCUT2D eigenvalue weighted by Gasteiger charge is -2.05. The Labute approximate surface area is 112 Å². The van der Waals surface area contributed by atoms with Crippen molar-refractivity contribution in [2.75, 3.05) is 5.73 Å². The molecule has 2 nitrogen and oxygen atoms in total. The number of carbonyl (C=O) groups excluding carboxylic acids is 1. The minimum atomic E-state index is 0.159. The molecule has 0 saturated carbocycles. The van der Waals surface area contributed by atoms with Gasteiger partial charge in [0.25, 0.3) is 0 Å². The number of carbonyl (C=O) groups is 1. The molecule has 0 aromatic heterocycles. The van der Waals surface area contributed by atoms with Crippen LogP contribution in [0.2, 0.25) is 0 Å². The maximum atomic E-state index is 11.9. The zero-order chi connectivity index (χ0) is 12.7. The van der Waals surface area contributed by atoms with Crippen molar-refractivity contribution in [1.29, 1.82) is 0 Å². The number of nitrogens with two attached hydrogens (primary N) is 1. The van der Waals surface area contributed by atoms with E-state index in [-0.39, 0.29) is 5.78 Å². The molecule has 17 heavy (non-hydrogen) atoms. The molecule has 0 atom stereocenters. The lowest BCUT2D eigenvalue weighted by molar-refractivity contribution is 0.0980. The molecular weight excluding hydrogens is 278 g/mol. The molecule has 0 radical (unpaired) electrons. The number of benzene rings is 1. The van der Waals surface area contributed by atoms with E-state index in [0.29, 0.717) is 17.7 Å². The van der Waals surface area contributed by atoms with Crippen LogP contribution in [0, 0.1) is 0 Å². The molecule has 1 aromatic carbocycles. The summed E-state index contributed by atoms with van der Waals surface area (Å²) in [5, 5.41) is 0. The van der Waals surface area contributed by atoms with Gasteiger partial charge in [0, 0.05) is 22.1 Å². The molecule has 0 amide bonds. The van der Waals surface area contributed by atoms with Gasteiger partial charge >= 0.3 is 0 Å². The van der Waals surface area contributed by atoms with Crippen molar-refractivity contribution in [1.82, 2.24) is 0 Å². The summed E-state index contributed by atoms with van der Waals surface area (Å²) in [7, 11) is 0. The molecular formula is C14H20BrNO. The minimum absolute atomic E-state index is 0.159. The van der Waals surface area contributed by atoms with Crippen LogP contribution in [0.5, 0.6) is 0 Å². The largest absolute Gasteiger partial charge is 0.398 e. The smallest absolute Gasteiger partial charge is 0.164 e. The first-order chi connectivity index (χ1) is 8.15. The summed E-state index contributed by atoms with van der Waals surface area (Å²) in [6, 6.07) is 5.44. The Balaban J connectivity index is 2.42. The van der Waals surface area contributed by atoms with Crippen LogP contribution in [-0.2, 0) is 0 Å². The number of unbranched alkanes of at least 4 members (excludes halogenated alkanes) is 4. The molecule has 0 bridgehead atoms. The van der Waals surface area contributed by atoms with Gasteiger partial charge in [-0.3, -0.25) is 4.79 Å². The Bertz CT molecular complexity index is 376. The van der Waals surface area contributed by atoms with E-state index in [1.54, 1.807) is 12.1 Å². The van der Waals surface area contributed by atoms with Crippen LogP contribution < -0.4 is 5.73 Å². The van der Waals surface area contributed by atoms with Crippen LogP contribution in [0.15, 0.2) is 22.7 Å². The van der Waals surface area contributed by atoms with E-state index in [9.17, 15) is 4.79 Å². The van der Waals surface area contributed by atoms with Crippen molar-refractivity contribution in [3.8, 4) is 0 Å². The summed E-state index contributed by atoms with van der Waals surface area (Å²) < 4.78 is 0.912. The molecule has 3 heteroatoms. The molecule has 1 aromatic rings. The van der Waals surface area contributed by atoms with Crippen molar-refractivity contribution in [3.05, 3.63) is 28.2 Å². The predicted octanol–water partition coefficient (Wildman–Crippen LogP) is 4.57. The van der Waals surface area contributed by atoms with Crippen LogP contribution in [0.25, 0.3) is 0 Å². The summed E-state index contributed by atoms with van der Waals surface area (Å²) in [6.07, 6.45) is 6.42. The Morgan fingerprint density at radius 2 is 1.94 bits per heavy atom. The molecule has 0 fully saturated rings. The SMILES string of the molecule is CCCCCCCC(=O)c1ccc(Br)cc1N. The van der Waals surface area contributed by atoms with Crippen LogP contribution in [0.4, 0.5) is 5.69 Å². The normalized spacial score (nSPS) is 10.5. The van der Waals surface area contributed by atoms with Gasteiger partial charge in [-0.15, -0.1) is 0 Å². The van der Waals surface area contributed by atoms with Gasteiger partial charge < -0.3 is 5.73 Å². The molecule has 0 spiro atoms. The number of anilines is 1. The number of nitrogen functional groups attached to an aromatic ring is 1. The summed E-state index contributed by atoms with van der Waals surface area (Å²) in [4.78, 5) is 11.9. The molecule has 94 valence electrons. The molecule has 1 rings (SSSR count). The van der Waals surface area contributed by atoms with Gasteiger partial charge in [0.15, 0.2) is 5.78 Å². The zero-order valence-electron chi connectivity index (χ0n) is 10.3. The third kappa shape index (κ3) is 4.90. The number of halogens is 1. The van der Waals surface area contributed by atoms with Gasteiger partial charge in [0.2, 0.25) is 0 Å². The molecule has 0 heterocycles. The fraction of sp³-hybridized carbons (Fsp3) is 0.500. The fourth-order valence-corrected chi connectivity index (χ4v) is 2.19. The van der Waals surface area contributed by atoms with Crippen molar-refractivity contribution < 1.29 is 4.79 Å². The Kier molecular flexibility index (Phi) is 6.27. The standard InChI is InChI=1S/C14H20BrNO/c1-2-3-4-5-6-7-14(17)12-9-8-11(15)10-13(12)16/h8-10H,2-7,16H2,1H3. The van der Waals surface area contributed by atoms with Crippen molar-refractivity contribution in [2.24, 2.45) is 0 Å². The van der Waals surface area contributed by atoms with Gasteiger partial charge in [0.05, 0.1) is 0 Å². The highest BCUT2D eigenvalue weighted by Crippen LogP contribution is 2.20. The van der Waals surface area contributed by atoms with Crippen LogP contribution in [0.3, 0.4) is 0 Å². The highest BCUT2D eigenvalue weighted by Gasteiger charge is 2.09. The van der Waals surface area contributed by atoms with Gasteiger partial charge in [-0.2, -0.15) is 0 Å². The Morgan fingerprint density at radius 1 is 1.24 bits per heavy atom. The summed E-state index contributed by atoms with van der Waals surface area (Å²) in [6.45, 7) is 2.19. The third-order valence-corrected chi connectivity index (χ3v) is 3.31. The molecule has 0 aliphatic carbocycles. The minimum Gasteiger partial charge on any atom is -0.398 e. The Hall–Kier alpha value is -0.830. The van der Waals surface area contributed by atoms with E-state index in [2.05, 4.69) is 22.9 Å². The molecule has 0 saturated heterocycles. The van der Waals surface area contributed by atoms with Gasteiger partial charge in [-0.1, -0.05) is 48.5 Å². The van der Waals surface area contributed by atoms with Gasteiger partial charge in [-0.05, 0) is 24.6 Å². The summed E-state index contributed by atoms with van der Waals surface area (Å²) >= 11 is 3.34. The van der Waals surface area contributed by atoms with Gasteiger partial charge in [0.1, 0.15) is 0 Å². The number of Topliss-reactive ketones (excluding diaryl/α,β-unsaturated/α-hetero) is 1. The number of hydrogen-bond acceptors (Lipinski definition) is 2. The molecule has 0 aliphatic rings. The Morgan fingerprint density at radius 3 is 2.59 bits per heavy atom. The predicted molar refractivity (Wildman–Crippen MR) is 76.3 cm³/mol. The van der Waals surface area contributed by atoms with E-state index < -0.39 is 0 Å². The summed E-state index contributed by atoms with van der Waals surface area (Å²) in [5.41, 5.74) is 7.05. The highest BCUT2D eigenvalue weighted by molar-refractivity contribution is 9.10. The average molecular weight is 298 g/mol. The lowest BCUT2D eigenvalue weighted by Crippen LogP contribution is -2.03. The first-order valence-electron chi connectivity index (χ1n) is 6.23. The number of hydrogen-bond donors (Lipinski definition) is 1. The molecule has 2 N–H and O–H groups in total. The van der Waals surface area contributed by atoms with Crippen molar-refractivity contribution in [2.45, 2.75) is 45.4 Å². The summed E-state index contributed by atoms with van der Waals surface area (Å²) in [5.74, 6) is 0.159. The zero-order valence-corrected chi connectivity index (χ0v) is 11.9. The number of ketones is 1. The quantitative estimate of drug-likeness (QED) is 0.455. The van der Waals surface area contributed by atoms with Crippen LogP contribution in [-0.4, -0.2) is 5.78 Å². The van der Waals surface area contributed by atoms with Crippen LogP contribution >= 0.6 is 15.9 Å². The lowest BCUT2D eigenvalue weighted by atomic mass is 10.0. The number of rotatable bonds is 7. The maximum Gasteiger partial charge on any atom is 0.164 e. The second-order valence-electron chi connectivity index (χ2n) is 4.32. The van der Waals surface area contributed by atoms with E-state index in [1.165, 1.54) is 19.3 Å². The van der Waals surface area contributed by atoms with Gasteiger partial charge in [-0.25, -0.2) is 0 Å². The first-order valence-corrected chi connectivity index (χ1v) is 7.02. The monoisotopic (exact) mass is 297 g/mol. The highest BCUT2D eigenvalue weighted by atomic mass is 79.9. The fourth-order valence-electron chi connectivity index (χ4n) is 1.81. The van der Waals surface area contributed by atoms with E-state index in [0.717, 1.165) is 17.3 Å². The topological polar surface area (TPSA) is 43.1 Å². The molecule has 0 unspecified atom stereocenters. The van der Waals surface area contributed by atoms with E-state index in [4.69, 9.17) is 5.73 Å². The first kappa shape index (κ1) is 14.2. The maximum absolute atomic E-state index is 11.9. The second-order valence-corrected chi connectivity index (χ2v) is 5.23. The second kappa shape index (κ2) is 7.49. The van der Waals surface area contributed by atoms with Crippen molar-refractivity contribution in [3.63, 3.8) is 0 Å². The average Bonchev–Trinajstić information content (AvgIpc) is 2.28.